The van der Waals surface area contributed by atoms with Crippen LogP contribution in [0.4, 0.5) is 0 Å². The summed E-state index contributed by atoms with van der Waals surface area (Å²) >= 11 is 0. The van der Waals surface area contributed by atoms with Gasteiger partial charge in [-0.15, -0.1) is 0 Å². The van der Waals surface area contributed by atoms with Gasteiger partial charge in [0, 0.05) is 0 Å². The zero-order valence-electron chi connectivity index (χ0n) is 4.75. The first kappa shape index (κ1) is 6.05. The predicted molar refractivity (Wildman–Crippen MR) is 30.2 cm³/mol. The molecule has 0 saturated heterocycles. The molecule has 0 aromatic carbocycles. The second-order valence-corrected chi connectivity index (χ2v) is 2.27. The van der Waals surface area contributed by atoms with E-state index in [1.165, 1.54) is 0 Å². The summed E-state index contributed by atoms with van der Waals surface area (Å²) in [4.78, 5) is 0. The van der Waals surface area contributed by atoms with Crippen LogP contribution in [0, 0.1) is 6.42 Å². The van der Waals surface area contributed by atoms with Crippen molar-refractivity contribution in [1.82, 2.24) is 0 Å². The Balaban J connectivity index is 2.23. The van der Waals surface area contributed by atoms with Gasteiger partial charge in [0.25, 0.3) is 0 Å². The average Bonchev–Trinajstić information content (AvgIpc) is 1.64. The molecule has 2 unspecified atom stereocenters. The van der Waals surface area contributed by atoms with Crippen LogP contribution >= 0.6 is 0 Å². The van der Waals surface area contributed by atoms with Gasteiger partial charge in [-0.2, -0.15) is 0 Å². The summed E-state index contributed by atoms with van der Waals surface area (Å²) in [5.41, 5.74) is 0. The maximum absolute atomic E-state index is 8.90. The summed E-state index contributed by atoms with van der Waals surface area (Å²) in [7, 11) is 0. The highest BCUT2D eigenvalue weighted by Gasteiger charge is 2.17. The van der Waals surface area contributed by atoms with Crippen molar-refractivity contribution < 1.29 is 10.2 Å². The third-order valence-corrected chi connectivity index (χ3v) is 1.45. The number of hydrogen-bond donors (Lipinski definition) is 2. The highest BCUT2D eigenvalue weighted by molar-refractivity contribution is 4.84. The summed E-state index contributed by atoms with van der Waals surface area (Å²) in [6.07, 6.45) is 3.40. The SMILES string of the molecule is OC1[CH]CCC(O)C1. The van der Waals surface area contributed by atoms with Crippen LogP contribution in [0.25, 0.3) is 0 Å². The molecule has 0 spiro atoms. The van der Waals surface area contributed by atoms with Gasteiger partial charge in [-0.25, -0.2) is 0 Å². The average molecular weight is 115 g/mol. The van der Waals surface area contributed by atoms with Crippen molar-refractivity contribution in [2.24, 2.45) is 0 Å². The largest absolute Gasteiger partial charge is 0.393 e. The molecule has 1 radical (unpaired) electrons. The second-order valence-electron chi connectivity index (χ2n) is 2.27. The molecule has 0 aliphatic heterocycles. The van der Waals surface area contributed by atoms with E-state index in [1.54, 1.807) is 0 Å². The molecule has 1 rings (SSSR count). The third-order valence-electron chi connectivity index (χ3n) is 1.45. The van der Waals surface area contributed by atoms with Crippen molar-refractivity contribution in [1.29, 1.82) is 0 Å². The molecule has 1 aliphatic rings. The van der Waals surface area contributed by atoms with Crippen LogP contribution in [-0.4, -0.2) is 22.4 Å². The van der Waals surface area contributed by atoms with Gasteiger partial charge < -0.3 is 10.2 Å². The quantitative estimate of drug-likeness (QED) is 0.470. The minimum absolute atomic E-state index is 0.269. The number of aliphatic hydroxyl groups is 2. The number of hydrogen-bond acceptors (Lipinski definition) is 2. The standard InChI is InChI=1S/C6H11O2/c7-5-2-1-3-6(8)4-5/h2,5-8H,1,3-4H2. The van der Waals surface area contributed by atoms with Gasteiger partial charge in [-0.1, -0.05) is 0 Å². The van der Waals surface area contributed by atoms with Gasteiger partial charge in [0.2, 0.25) is 0 Å². The van der Waals surface area contributed by atoms with Crippen molar-refractivity contribution in [3.8, 4) is 0 Å². The van der Waals surface area contributed by atoms with Crippen molar-refractivity contribution in [2.45, 2.75) is 31.5 Å². The van der Waals surface area contributed by atoms with E-state index in [9.17, 15) is 0 Å². The molecule has 0 aromatic rings. The lowest BCUT2D eigenvalue weighted by Crippen LogP contribution is -2.23. The molecule has 0 amide bonds. The van der Waals surface area contributed by atoms with Crippen molar-refractivity contribution in [2.75, 3.05) is 0 Å². The van der Waals surface area contributed by atoms with E-state index < -0.39 is 0 Å². The van der Waals surface area contributed by atoms with Crippen LogP contribution in [0.5, 0.6) is 0 Å². The Morgan fingerprint density at radius 3 is 2.50 bits per heavy atom. The van der Waals surface area contributed by atoms with Gasteiger partial charge >= 0.3 is 0 Å². The van der Waals surface area contributed by atoms with Gasteiger partial charge in [-0.05, 0) is 25.7 Å². The molecule has 1 fully saturated rings. The Hall–Kier alpha value is -0.0800. The van der Waals surface area contributed by atoms with Crippen molar-refractivity contribution in [3.63, 3.8) is 0 Å². The molecule has 1 saturated carbocycles. The van der Waals surface area contributed by atoms with Gasteiger partial charge in [0.1, 0.15) is 0 Å². The maximum atomic E-state index is 8.90. The molecule has 0 bridgehead atoms. The molecule has 2 heteroatoms. The third kappa shape index (κ3) is 1.46. The van der Waals surface area contributed by atoms with Gasteiger partial charge in [0.15, 0.2) is 0 Å². The topological polar surface area (TPSA) is 40.5 Å². The van der Waals surface area contributed by atoms with E-state index in [4.69, 9.17) is 10.2 Å². The highest BCUT2D eigenvalue weighted by Crippen LogP contribution is 2.16. The summed E-state index contributed by atoms with van der Waals surface area (Å²) in [5.74, 6) is 0. The monoisotopic (exact) mass is 115 g/mol. The van der Waals surface area contributed by atoms with E-state index in [0.29, 0.717) is 6.42 Å². The van der Waals surface area contributed by atoms with Crippen LogP contribution in [0.15, 0.2) is 0 Å². The molecule has 47 valence electrons. The Bertz CT molecular complexity index is 64.9. The lowest BCUT2D eigenvalue weighted by molar-refractivity contribution is 0.0684. The minimum Gasteiger partial charge on any atom is -0.393 e. The zero-order chi connectivity index (χ0) is 5.98. The van der Waals surface area contributed by atoms with Crippen molar-refractivity contribution >= 4 is 0 Å². The second kappa shape index (κ2) is 2.46. The number of aliphatic hydroxyl groups excluding tert-OH is 2. The molecular weight excluding hydrogens is 104 g/mol. The fourth-order valence-corrected chi connectivity index (χ4v) is 0.974. The smallest absolute Gasteiger partial charge is 0.0596 e. The summed E-state index contributed by atoms with van der Waals surface area (Å²) in [6, 6.07) is 0. The van der Waals surface area contributed by atoms with Crippen LogP contribution in [0.3, 0.4) is 0 Å². The Kier molecular flexibility index (Phi) is 1.86. The zero-order valence-corrected chi connectivity index (χ0v) is 4.75. The maximum Gasteiger partial charge on any atom is 0.0596 e. The minimum atomic E-state index is -0.362. The fourth-order valence-electron chi connectivity index (χ4n) is 0.974. The first-order valence-electron chi connectivity index (χ1n) is 2.98. The fraction of sp³-hybridized carbons (Fsp3) is 0.833. The Morgan fingerprint density at radius 2 is 2.12 bits per heavy atom. The van der Waals surface area contributed by atoms with Gasteiger partial charge in [-0.3, -0.25) is 0 Å². The molecule has 0 heterocycles. The predicted octanol–water partition coefficient (Wildman–Crippen LogP) is 0.0964. The normalized spacial score (nSPS) is 39.8. The summed E-state index contributed by atoms with van der Waals surface area (Å²) in [5, 5.41) is 17.8. The van der Waals surface area contributed by atoms with E-state index >= 15 is 0 Å². The van der Waals surface area contributed by atoms with Gasteiger partial charge in [0.05, 0.1) is 12.2 Å². The molecule has 1 aliphatic carbocycles. The van der Waals surface area contributed by atoms with Crippen LogP contribution in [-0.2, 0) is 0 Å². The first-order valence-corrected chi connectivity index (χ1v) is 2.98. The Morgan fingerprint density at radius 1 is 1.38 bits per heavy atom. The van der Waals surface area contributed by atoms with Crippen LogP contribution in [0.1, 0.15) is 19.3 Å². The summed E-state index contributed by atoms with van der Waals surface area (Å²) < 4.78 is 0. The molecular formula is C6H11O2. The Labute approximate surface area is 49.1 Å². The van der Waals surface area contributed by atoms with Crippen molar-refractivity contribution in [3.05, 3.63) is 6.42 Å². The van der Waals surface area contributed by atoms with Crippen LogP contribution in [0.2, 0.25) is 0 Å². The van der Waals surface area contributed by atoms with E-state index in [-0.39, 0.29) is 12.2 Å². The van der Waals surface area contributed by atoms with E-state index in [1.807, 2.05) is 6.42 Å². The lowest BCUT2D eigenvalue weighted by Gasteiger charge is -2.20. The molecule has 0 aromatic heterocycles. The molecule has 2 atom stereocenters. The highest BCUT2D eigenvalue weighted by atomic mass is 16.3. The van der Waals surface area contributed by atoms with Crippen LogP contribution < -0.4 is 0 Å². The molecule has 8 heavy (non-hydrogen) atoms. The van der Waals surface area contributed by atoms with E-state index in [0.717, 1.165) is 12.8 Å². The molecule has 2 nitrogen and oxygen atoms in total. The lowest BCUT2D eigenvalue weighted by atomic mass is 9.95. The summed E-state index contributed by atoms with van der Waals surface area (Å²) in [6.45, 7) is 0. The number of rotatable bonds is 0. The van der Waals surface area contributed by atoms with E-state index in [2.05, 4.69) is 0 Å². The molecule has 2 N–H and O–H groups in total. The first-order chi connectivity index (χ1) is 3.79.